The summed E-state index contributed by atoms with van der Waals surface area (Å²) in [6.45, 7) is 6.67. The third-order valence-electron chi connectivity index (χ3n) is 7.17. The Balaban J connectivity index is 1.78. The van der Waals surface area contributed by atoms with Crippen LogP contribution in [0.3, 0.4) is 0 Å². The molecule has 3 unspecified atom stereocenters. The van der Waals surface area contributed by atoms with E-state index in [1.54, 1.807) is 4.90 Å². The number of nitrogens with two attached hydrogens (primary N) is 1. The molecular formula is C22H37N5O3. The highest BCUT2D eigenvalue weighted by Gasteiger charge is 2.44. The molecule has 3 fully saturated rings. The predicted octanol–water partition coefficient (Wildman–Crippen LogP) is 1.85. The van der Waals surface area contributed by atoms with E-state index in [2.05, 4.69) is 30.1 Å². The first-order valence-electron chi connectivity index (χ1n) is 11.5. The van der Waals surface area contributed by atoms with E-state index in [0.717, 1.165) is 19.4 Å². The molecule has 2 heterocycles. The molecule has 3 amide bonds. The lowest BCUT2D eigenvalue weighted by atomic mass is 9.79. The number of nitrogens with zero attached hydrogens (tertiary/aromatic N) is 3. The van der Waals surface area contributed by atoms with Gasteiger partial charge in [0.25, 0.3) is 0 Å². The van der Waals surface area contributed by atoms with Crippen LogP contribution in [0.2, 0.25) is 0 Å². The van der Waals surface area contributed by atoms with Crippen molar-refractivity contribution in [2.45, 2.75) is 76.4 Å². The van der Waals surface area contributed by atoms with Crippen LogP contribution in [0.15, 0.2) is 0 Å². The topological polar surface area (TPSA) is 112 Å². The van der Waals surface area contributed by atoms with Gasteiger partial charge in [-0.3, -0.25) is 9.69 Å². The van der Waals surface area contributed by atoms with Crippen molar-refractivity contribution in [1.29, 1.82) is 5.26 Å². The minimum absolute atomic E-state index is 0.144. The Kier molecular flexibility index (Phi) is 7.59. The van der Waals surface area contributed by atoms with Gasteiger partial charge in [0.15, 0.2) is 0 Å². The first-order valence-corrected chi connectivity index (χ1v) is 11.5. The Bertz CT molecular complexity index is 658. The van der Waals surface area contributed by atoms with Crippen molar-refractivity contribution in [2.75, 3.05) is 32.8 Å². The van der Waals surface area contributed by atoms with Gasteiger partial charge in [-0.15, -0.1) is 0 Å². The number of morpholine rings is 1. The molecule has 0 aromatic heterocycles. The number of hydrogen-bond acceptors (Lipinski definition) is 5. The Labute approximate surface area is 180 Å². The predicted molar refractivity (Wildman–Crippen MR) is 113 cm³/mol. The highest BCUT2D eigenvalue weighted by atomic mass is 16.5. The maximum absolute atomic E-state index is 13.6. The number of hydrogen-bond donors (Lipinski definition) is 2. The van der Waals surface area contributed by atoms with Gasteiger partial charge in [-0.05, 0) is 32.6 Å². The van der Waals surface area contributed by atoms with E-state index < -0.39 is 17.5 Å². The summed E-state index contributed by atoms with van der Waals surface area (Å²) in [7, 11) is 0. The van der Waals surface area contributed by atoms with Crippen LogP contribution in [0.5, 0.6) is 0 Å². The van der Waals surface area contributed by atoms with Crippen molar-refractivity contribution in [3.63, 3.8) is 0 Å². The van der Waals surface area contributed by atoms with E-state index in [9.17, 15) is 14.9 Å². The zero-order valence-electron chi connectivity index (χ0n) is 18.4. The van der Waals surface area contributed by atoms with Crippen molar-refractivity contribution in [3.8, 4) is 6.07 Å². The monoisotopic (exact) mass is 419 g/mol. The number of carbonyl (C=O) groups excluding carboxylic acids is 2. The zero-order valence-corrected chi connectivity index (χ0v) is 18.4. The molecule has 0 aromatic rings. The molecule has 2 aliphatic heterocycles. The summed E-state index contributed by atoms with van der Waals surface area (Å²) in [6.07, 6.45) is 7.16. The van der Waals surface area contributed by atoms with Crippen LogP contribution in [0.4, 0.5) is 4.79 Å². The summed E-state index contributed by atoms with van der Waals surface area (Å²) in [5, 5.41) is 13.0. The van der Waals surface area contributed by atoms with Crippen LogP contribution in [0.25, 0.3) is 0 Å². The molecule has 30 heavy (non-hydrogen) atoms. The van der Waals surface area contributed by atoms with Crippen molar-refractivity contribution in [1.82, 2.24) is 15.1 Å². The van der Waals surface area contributed by atoms with Crippen LogP contribution in [0, 0.1) is 23.2 Å². The summed E-state index contributed by atoms with van der Waals surface area (Å²) in [4.78, 5) is 29.4. The Morgan fingerprint density at radius 2 is 2.00 bits per heavy atom. The fourth-order valence-corrected chi connectivity index (χ4v) is 5.28. The second-order valence-electron chi connectivity index (χ2n) is 9.52. The van der Waals surface area contributed by atoms with E-state index in [4.69, 9.17) is 10.5 Å². The summed E-state index contributed by atoms with van der Waals surface area (Å²) >= 11 is 0. The molecular weight excluding hydrogens is 382 g/mol. The minimum atomic E-state index is -0.876. The van der Waals surface area contributed by atoms with Crippen molar-refractivity contribution in [3.05, 3.63) is 0 Å². The fraction of sp³-hybridized carbons (Fsp3) is 0.864. The molecule has 0 spiro atoms. The lowest BCUT2D eigenvalue weighted by molar-refractivity contribution is -0.131. The van der Waals surface area contributed by atoms with E-state index >= 15 is 0 Å². The normalized spacial score (nSPS) is 29.5. The molecule has 8 nitrogen and oxygen atoms in total. The number of amides is 3. The molecule has 3 atom stereocenters. The van der Waals surface area contributed by atoms with Crippen LogP contribution in [-0.4, -0.2) is 72.2 Å². The fourth-order valence-electron chi connectivity index (χ4n) is 5.28. The average molecular weight is 420 g/mol. The highest BCUT2D eigenvalue weighted by molar-refractivity contribution is 5.82. The Morgan fingerprint density at radius 3 is 2.60 bits per heavy atom. The van der Waals surface area contributed by atoms with Crippen LogP contribution in [0.1, 0.15) is 58.8 Å². The summed E-state index contributed by atoms with van der Waals surface area (Å²) in [5.41, 5.74) is 4.76. The number of urea groups is 1. The summed E-state index contributed by atoms with van der Waals surface area (Å²) < 4.78 is 5.65. The third kappa shape index (κ3) is 5.25. The molecule has 0 radical (unpaired) electrons. The van der Waals surface area contributed by atoms with Gasteiger partial charge in [0.1, 0.15) is 5.54 Å². The van der Waals surface area contributed by atoms with Crippen molar-refractivity contribution < 1.29 is 14.3 Å². The lowest BCUT2D eigenvalue weighted by Gasteiger charge is -2.40. The van der Waals surface area contributed by atoms with Crippen LogP contribution >= 0.6 is 0 Å². The molecule has 1 saturated carbocycles. The van der Waals surface area contributed by atoms with Gasteiger partial charge in [-0.1, -0.05) is 32.1 Å². The summed E-state index contributed by atoms with van der Waals surface area (Å²) in [5.74, 6) is -0.103. The number of nitriles is 1. The smallest absolute Gasteiger partial charge is 0.315 e. The minimum Gasteiger partial charge on any atom is -0.377 e. The summed E-state index contributed by atoms with van der Waals surface area (Å²) in [6, 6.07) is 1.82. The number of primary amides is 1. The Morgan fingerprint density at radius 1 is 1.27 bits per heavy atom. The third-order valence-corrected chi connectivity index (χ3v) is 7.17. The van der Waals surface area contributed by atoms with Gasteiger partial charge in [0.05, 0.1) is 31.2 Å². The second-order valence-corrected chi connectivity index (χ2v) is 9.52. The quantitative estimate of drug-likeness (QED) is 0.682. The van der Waals surface area contributed by atoms with Crippen molar-refractivity contribution >= 4 is 11.9 Å². The SMILES string of the molecule is CC(C)N1CCC(C#N)(NC(=O)C(CC2CCCCC2)C2COCCN2C(N)=O)C1. The van der Waals surface area contributed by atoms with Crippen LogP contribution in [-0.2, 0) is 9.53 Å². The molecule has 3 N–H and O–H groups in total. The number of ether oxygens (including phenoxy) is 1. The molecule has 168 valence electrons. The van der Waals surface area contributed by atoms with E-state index in [1.165, 1.54) is 19.3 Å². The van der Waals surface area contributed by atoms with E-state index in [0.29, 0.717) is 51.1 Å². The molecule has 8 heteroatoms. The number of rotatable bonds is 6. The molecule has 3 aliphatic rings. The van der Waals surface area contributed by atoms with Gasteiger partial charge < -0.3 is 20.7 Å². The maximum atomic E-state index is 13.6. The number of likely N-dealkylation sites (tertiary alicyclic amines) is 1. The second kappa shape index (κ2) is 9.97. The molecule has 1 aliphatic carbocycles. The standard InChI is InChI=1S/C22H37N5O3/c1-16(2)26-9-8-22(14-23,15-26)25-20(28)18(12-17-6-4-3-5-7-17)19-13-30-11-10-27(19)21(24)29/h16-19H,3-13,15H2,1-2H3,(H2,24,29)(H,25,28). The van der Waals surface area contributed by atoms with E-state index in [-0.39, 0.29) is 11.9 Å². The van der Waals surface area contributed by atoms with Gasteiger partial charge >= 0.3 is 6.03 Å². The van der Waals surface area contributed by atoms with Gasteiger partial charge in [-0.2, -0.15) is 5.26 Å². The molecule has 0 bridgehead atoms. The lowest BCUT2D eigenvalue weighted by Crippen LogP contribution is -2.60. The average Bonchev–Trinajstić information content (AvgIpc) is 3.17. The highest BCUT2D eigenvalue weighted by Crippen LogP contribution is 2.33. The number of nitrogens with one attached hydrogen (secondary N) is 1. The molecule has 3 rings (SSSR count). The first kappa shape index (κ1) is 22.8. The van der Waals surface area contributed by atoms with E-state index in [1.807, 2.05) is 0 Å². The van der Waals surface area contributed by atoms with Crippen molar-refractivity contribution in [2.24, 2.45) is 17.6 Å². The maximum Gasteiger partial charge on any atom is 0.315 e. The van der Waals surface area contributed by atoms with Gasteiger partial charge in [-0.25, -0.2) is 4.79 Å². The number of carbonyl (C=O) groups is 2. The van der Waals surface area contributed by atoms with Gasteiger partial charge in [0.2, 0.25) is 5.91 Å². The largest absolute Gasteiger partial charge is 0.377 e. The molecule has 2 saturated heterocycles. The Hall–Kier alpha value is -1.85. The van der Waals surface area contributed by atoms with Gasteiger partial charge in [0, 0.05) is 25.7 Å². The van der Waals surface area contributed by atoms with Crippen LogP contribution < -0.4 is 11.1 Å². The molecule has 0 aromatic carbocycles. The zero-order chi connectivity index (χ0) is 21.7. The first-order chi connectivity index (χ1) is 14.3.